The summed E-state index contributed by atoms with van der Waals surface area (Å²) < 4.78 is 34.4. The van der Waals surface area contributed by atoms with Gasteiger partial charge in [0.2, 0.25) is 10.0 Å². The summed E-state index contributed by atoms with van der Waals surface area (Å²) in [5.41, 5.74) is 2.43. The Labute approximate surface area is 166 Å². The lowest BCUT2D eigenvalue weighted by Crippen LogP contribution is -3.14. The molecule has 2 N–H and O–H groups in total. The third-order valence-electron chi connectivity index (χ3n) is 5.02. The molecule has 3 rings (SSSR count). The van der Waals surface area contributed by atoms with Crippen LogP contribution in [-0.2, 0) is 14.8 Å². The Morgan fingerprint density at radius 1 is 1.14 bits per heavy atom. The van der Waals surface area contributed by atoms with Crippen molar-refractivity contribution < 1.29 is 22.8 Å². The summed E-state index contributed by atoms with van der Waals surface area (Å²) in [5, 5.41) is 0. The van der Waals surface area contributed by atoms with Gasteiger partial charge >= 0.3 is 0 Å². The summed E-state index contributed by atoms with van der Waals surface area (Å²) in [4.78, 5) is 13.0. The van der Waals surface area contributed by atoms with Crippen LogP contribution in [0.15, 0.2) is 53.4 Å². The average molecular weight is 404 g/mol. The minimum absolute atomic E-state index is 0.106. The van der Waals surface area contributed by atoms with E-state index in [4.69, 9.17) is 4.74 Å². The predicted octanol–water partition coefficient (Wildman–Crippen LogP) is 1.13. The van der Waals surface area contributed by atoms with E-state index in [1.54, 1.807) is 12.1 Å². The molecule has 0 aromatic heterocycles. The first-order valence-electron chi connectivity index (χ1n) is 9.46. The van der Waals surface area contributed by atoms with Crippen molar-refractivity contribution >= 4 is 15.8 Å². The highest BCUT2D eigenvalue weighted by atomic mass is 32.2. The molecule has 1 saturated heterocycles. The molecule has 0 radical (unpaired) electrons. The largest absolute Gasteiger partial charge is 0.370 e. The first-order valence-corrected chi connectivity index (χ1v) is 10.9. The standard InChI is InChI=1S/C21H26N2O4S/c1-16-6-8-18(9-7-16)21(15-23-10-12-27-13-11-23)22-28(25,26)20-5-3-4-19(14-20)17(2)24/h3-9,14,21-22H,10-13,15H2,1-2H3/p+1/t21-/m0/s1. The first-order chi connectivity index (χ1) is 13.3. The number of aryl methyl sites for hydroxylation is 1. The Hall–Kier alpha value is -2.06. The Morgan fingerprint density at radius 3 is 2.46 bits per heavy atom. The molecule has 0 saturated carbocycles. The van der Waals surface area contributed by atoms with Crippen LogP contribution in [0.5, 0.6) is 0 Å². The molecule has 0 amide bonds. The van der Waals surface area contributed by atoms with Crippen LogP contribution in [0.2, 0.25) is 0 Å². The number of hydrogen-bond donors (Lipinski definition) is 2. The van der Waals surface area contributed by atoms with Crippen LogP contribution >= 0.6 is 0 Å². The Morgan fingerprint density at radius 2 is 1.82 bits per heavy atom. The highest BCUT2D eigenvalue weighted by Crippen LogP contribution is 2.18. The molecular formula is C21H27N2O4S+. The maximum absolute atomic E-state index is 13.0. The van der Waals surface area contributed by atoms with Crippen LogP contribution in [0.3, 0.4) is 0 Å². The fourth-order valence-corrected chi connectivity index (χ4v) is 4.59. The molecule has 0 bridgehead atoms. The topological polar surface area (TPSA) is 76.9 Å². The number of ether oxygens (including phenoxy) is 1. The molecule has 2 aromatic carbocycles. The monoisotopic (exact) mass is 403 g/mol. The number of Topliss-reactive ketones (excluding diaryl/α,β-unsaturated/α-hetero) is 1. The van der Waals surface area contributed by atoms with Gasteiger partial charge in [0.05, 0.1) is 30.7 Å². The number of rotatable bonds is 7. The van der Waals surface area contributed by atoms with Crippen molar-refractivity contribution in [3.63, 3.8) is 0 Å². The summed E-state index contributed by atoms with van der Waals surface area (Å²) in [6.45, 7) is 7.14. The summed E-state index contributed by atoms with van der Waals surface area (Å²) in [6, 6.07) is 13.7. The third kappa shape index (κ3) is 5.26. The van der Waals surface area contributed by atoms with E-state index < -0.39 is 10.0 Å². The molecule has 6 nitrogen and oxygen atoms in total. The van der Waals surface area contributed by atoms with Crippen molar-refractivity contribution in [1.29, 1.82) is 0 Å². The van der Waals surface area contributed by atoms with Crippen molar-refractivity contribution in [2.75, 3.05) is 32.8 Å². The normalized spacial score (nSPS) is 16.6. The third-order valence-corrected chi connectivity index (χ3v) is 6.49. The molecule has 150 valence electrons. The Balaban J connectivity index is 1.87. The lowest BCUT2D eigenvalue weighted by Gasteiger charge is -2.28. The van der Waals surface area contributed by atoms with E-state index in [1.165, 1.54) is 24.0 Å². The van der Waals surface area contributed by atoms with E-state index in [9.17, 15) is 13.2 Å². The second-order valence-electron chi connectivity index (χ2n) is 7.24. The van der Waals surface area contributed by atoms with Crippen molar-refractivity contribution in [2.45, 2.75) is 24.8 Å². The minimum Gasteiger partial charge on any atom is -0.370 e. The first kappa shape index (κ1) is 20.7. The van der Waals surface area contributed by atoms with E-state index in [1.807, 2.05) is 31.2 Å². The highest BCUT2D eigenvalue weighted by Gasteiger charge is 2.27. The number of quaternary nitrogens is 1. The van der Waals surface area contributed by atoms with Crippen LogP contribution in [0, 0.1) is 6.92 Å². The summed E-state index contributed by atoms with van der Waals surface area (Å²) in [7, 11) is -3.77. The van der Waals surface area contributed by atoms with E-state index in [2.05, 4.69) is 4.72 Å². The smallest absolute Gasteiger partial charge is 0.241 e. The van der Waals surface area contributed by atoms with Crippen LogP contribution in [0.4, 0.5) is 0 Å². The predicted molar refractivity (Wildman–Crippen MR) is 107 cm³/mol. The number of hydrogen-bond acceptors (Lipinski definition) is 4. The maximum atomic E-state index is 13.0. The number of ketones is 1. The zero-order valence-corrected chi connectivity index (χ0v) is 17.1. The Bertz CT molecular complexity index is 920. The van der Waals surface area contributed by atoms with Crippen LogP contribution in [0.1, 0.15) is 34.5 Å². The minimum atomic E-state index is -3.77. The number of carbonyl (C=O) groups excluding carboxylic acids is 1. The fraction of sp³-hybridized carbons (Fsp3) is 0.381. The van der Waals surface area contributed by atoms with Gasteiger partial charge in [-0.05, 0) is 31.5 Å². The van der Waals surface area contributed by atoms with E-state index in [0.29, 0.717) is 25.3 Å². The number of morpholine rings is 1. The average Bonchev–Trinajstić information content (AvgIpc) is 2.69. The molecule has 0 aliphatic carbocycles. The molecule has 28 heavy (non-hydrogen) atoms. The molecule has 0 spiro atoms. The van der Waals surface area contributed by atoms with Gasteiger partial charge in [0.1, 0.15) is 13.1 Å². The van der Waals surface area contributed by atoms with Crippen LogP contribution in [-0.4, -0.2) is 47.0 Å². The summed E-state index contributed by atoms with van der Waals surface area (Å²) in [6.07, 6.45) is 0. The van der Waals surface area contributed by atoms with Crippen molar-refractivity contribution in [2.24, 2.45) is 0 Å². The zero-order chi connectivity index (χ0) is 20.1. The highest BCUT2D eigenvalue weighted by molar-refractivity contribution is 7.89. The quantitative estimate of drug-likeness (QED) is 0.680. The van der Waals surface area contributed by atoms with Crippen molar-refractivity contribution in [3.05, 3.63) is 65.2 Å². The second kappa shape index (κ2) is 8.96. The molecule has 1 heterocycles. The Kier molecular flexibility index (Phi) is 6.61. The van der Waals surface area contributed by atoms with Gasteiger partial charge in [0, 0.05) is 5.56 Å². The van der Waals surface area contributed by atoms with Crippen molar-refractivity contribution in [1.82, 2.24) is 4.72 Å². The second-order valence-corrected chi connectivity index (χ2v) is 8.95. The number of sulfonamides is 1. The van der Waals surface area contributed by atoms with Gasteiger partial charge in [-0.2, -0.15) is 4.72 Å². The van der Waals surface area contributed by atoms with Gasteiger partial charge in [-0.25, -0.2) is 8.42 Å². The van der Waals surface area contributed by atoms with E-state index in [0.717, 1.165) is 24.2 Å². The molecular weight excluding hydrogens is 376 g/mol. The molecule has 1 fully saturated rings. The van der Waals surface area contributed by atoms with Gasteiger partial charge in [0.15, 0.2) is 5.78 Å². The SMILES string of the molecule is CC(=O)c1cccc(S(=O)(=O)N[C@@H](C[NH+]2CCOCC2)c2ccc(C)cc2)c1. The summed E-state index contributed by atoms with van der Waals surface area (Å²) >= 11 is 0. The lowest BCUT2D eigenvalue weighted by atomic mass is 10.1. The number of carbonyl (C=O) groups is 1. The number of benzene rings is 2. The molecule has 7 heteroatoms. The van der Waals surface area contributed by atoms with Gasteiger partial charge in [0.25, 0.3) is 0 Å². The molecule has 1 aliphatic rings. The maximum Gasteiger partial charge on any atom is 0.241 e. The van der Waals surface area contributed by atoms with Crippen LogP contribution in [0.25, 0.3) is 0 Å². The van der Waals surface area contributed by atoms with E-state index >= 15 is 0 Å². The van der Waals surface area contributed by atoms with Gasteiger partial charge in [-0.15, -0.1) is 0 Å². The van der Waals surface area contributed by atoms with Gasteiger partial charge in [-0.3, -0.25) is 4.79 Å². The molecule has 2 aromatic rings. The van der Waals surface area contributed by atoms with Crippen molar-refractivity contribution in [3.8, 4) is 0 Å². The molecule has 0 unspecified atom stereocenters. The molecule has 1 atom stereocenters. The van der Waals surface area contributed by atoms with Crippen LogP contribution < -0.4 is 9.62 Å². The fourth-order valence-electron chi connectivity index (χ4n) is 3.32. The van der Waals surface area contributed by atoms with Gasteiger partial charge < -0.3 is 9.64 Å². The molecule has 1 aliphatic heterocycles. The number of nitrogens with one attached hydrogen (secondary N) is 2. The van der Waals surface area contributed by atoms with E-state index in [-0.39, 0.29) is 16.7 Å². The lowest BCUT2D eigenvalue weighted by molar-refractivity contribution is -0.909. The van der Waals surface area contributed by atoms with Gasteiger partial charge in [-0.1, -0.05) is 42.0 Å². The summed E-state index contributed by atoms with van der Waals surface area (Å²) in [5.74, 6) is -0.162. The zero-order valence-electron chi connectivity index (χ0n) is 16.3.